The van der Waals surface area contributed by atoms with Crippen LogP contribution in [0.5, 0.6) is 5.75 Å². The number of aryl methyl sites for hydroxylation is 1. The van der Waals surface area contributed by atoms with Crippen molar-refractivity contribution < 1.29 is 9.53 Å². The Hall–Kier alpha value is -2.60. The van der Waals surface area contributed by atoms with Gasteiger partial charge in [-0.25, -0.2) is 0 Å². The van der Waals surface area contributed by atoms with Crippen molar-refractivity contribution in [2.24, 2.45) is 0 Å². The highest BCUT2D eigenvalue weighted by atomic mass is 32.2. The predicted molar refractivity (Wildman–Crippen MR) is 148 cm³/mol. The van der Waals surface area contributed by atoms with Gasteiger partial charge in [0.15, 0.2) is 5.60 Å². The standard InChI is InChI=1S/C31H36N2O2S/c1-5-36-25-14-12-23(13-15-25)17-32-20-33-18-27(24-9-7-6-8-10-24)31(19-33)30(34)28-22(4)11-16-26(21(2)3)29(28)35-31/h6-16,21,27,32H,5,17-20H2,1-4H3. The van der Waals surface area contributed by atoms with Gasteiger partial charge in [-0.3, -0.25) is 9.69 Å². The number of carbonyl (C=O) groups is 1. The smallest absolute Gasteiger partial charge is 0.212 e. The van der Waals surface area contributed by atoms with Gasteiger partial charge in [-0.05, 0) is 53.0 Å². The van der Waals surface area contributed by atoms with Crippen molar-refractivity contribution in [1.29, 1.82) is 0 Å². The molecule has 0 bridgehead atoms. The summed E-state index contributed by atoms with van der Waals surface area (Å²) in [6, 6.07) is 23.4. The highest BCUT2D eigenvalue weighted by molar-refractivity contribution is 7.99. The number of rotatable bonds is 8. The normalized spacial score (nSPS) is 21.4. The number of nitrogens with one attached hydrogen (secondary N) is 1. The molecule has 0 aromatic heterocycles. The van der Waals surface area contributed by atoms with Gasteiger partial charge in [-0.1, -0.05) is 75.4 Å². The molecule has 1 saturated heterocycles. The van der Waals surface area contributed by atoms with Crippen LogP contribution in [0.4, 0.5) is 0 Å². The van der Waals surface area contributed by atoms with Gasteiger partial charge in [-0.2, -0.15) is 0 Å². The molecule has 1 spiro atoms. The summed E-state index contributed by atoms with van der Waals surface area (Å²) in [5.74, 6) is 2.29. The van der Waals surface area contributed by atoms with E-state index in [9.17, 15) is 4.79 Å². The summed E-state index contributed by atoms with van der Waals surface area (Å²) in [6.07, 6.45) is 0. The number of hydrogen-bond donors (Lipinski definition) is 1. The molecule has 4 nitrogen and oxygen atoms in total. The molecule has 2 heterocycles. The minimum atomic E-state index is -0.889. The second-order valence-electron chi connectivity index (χ2n) is 10.3. The number of likely N-dealkylation sites (tertiary alicyclic amines) is 1. The summed E-state index contributed by atoms with van der Waals surface area (Å²) in [5.41, 5.74) is 4.44. The van der Waals surface area contributed by atoms with Crippen molar-refractivity contribution in [3.8, 4) is 5.75 Å². The Labute approximate surface area is 219 Å². The van der Waals surface area contributed by atoms with E-state index in [4.69, 9.17) is 4.74 Å². The van der Waals surface area contributed by atoms with Gasteiger partial charge in [0.2, 0.25) is 5.78 Å². The molecule has 2 aliphatic rings. The lowest BCUT2D eigenvalue weighted by Gasteiger charge is -2.29. The highest BCUT2D eigenvalue weighted by Gasteiger charge is 2.59. The van der Waals surface area contributed by atoms with E-state index in [0.717, 1.165) is 46.8 Å². The number of carbonyl (C=O) groups excluding carboxylic acids is 1. The largest absolute Gasteiger partial charge is 0.476 e. The average Bonchev–Trinajstić information content (AvgIpc) is 3.39. The molecule has 5 heteroatoms. The summed E-state index contributed by atoms with van der Waals surface area (Å²) in [7, 11) is 0. The number of thioether (sulfide) groups is 1. The third kappa shape index (κ3) is 4.60. The lowest BCUT2D eigenvalue weighted by atomic mass is 9.80. The Balaban J connectivity index is 1.38. The van der Waals surface area contributed by atoms with Crippen LogP contribution in [0.2, 0.25) is 0 Å². The molecule has 3 aromatic rings. The summed E-state index contributed by atoms with van der Waals surface area (Å²) >= 11 is 1.86. The van der Waals surface area contributed by atoms with Crippen molar-refractivity contribution in [3.05, 3.63) is 94.5 Å². The van der Waals surface area contributed by atoms with Gasteiger partial charge in [0.1, 0.15) is 5.75 Å². The number of fused-ring (bicyclic) bond motifs is 1. The number of ether oxygens (including phenoxy) is 1. The van der Waals surface area contributed by atoms with E-state index in [0.29, 0.717) is 19.1 Å². The second-order valence-corrected chi connectivity index (χ2v) is 11.6. The minimum absolute atomic E-state index is 0.0230. The summed E-state index contributed by atoms with van der Waals surface area (Å²) in [6.45, 7) is 11.4. The first kappa shape index (κ1) is 25.1. The quantitative estimate of drug-likeness (QED) is 0.363. The van der Waals surface area contributed by atoms with E-state index in [1.165, 1.54) is 10.5 Å². The van der Waals surface area contributed by atoms with Crippen LogP contribution < -0.4 is 10.1 Å². The van der Waals surface area contributed by atoms with Gasteiger partial charge in [0.25, 0.3) is 0 Å². The Bertz CT molecular complexity index is 1230. The fourth-order valence-corrected chi connectivity index (χ4v) is 6.30. The van der Waals surface area contributed by atoms with Gasteiger partial charge < -0.3 is 10.1 Å². The van der Waals surface area contributed by atoms with E-state index in [1.807, 2.05) is 24.8 Å². The molecule has 3 aromatic carbocycles. The third-order valence-electron chi connectivity index (χ3n) is 7.48. The second kappa shape index (κ2) is 10.4. The van der Waals surface area contributed by atoms with Crippen LogP contribution in [0.25, 0.3) is 0 Å². The first-order valence-electron chi connectivity index (χ1n) is 13.0. The maximum Gasteiger partial charge on any atom is 0.212 e. The number of hydrogen-bond acceptors (Lipinski definition) is 5. The Morgan fingerprint density at radius 2 is 1.83 bits per heavy atom. The molecular weight excluding hydrogens is 464 g/mol. The molecule has 2 unspecified atom stereocenters. The van der Waals surface area contributed by atoms with Gasteiger partial charge >= 0.3 is 0 Å². The SMILES string of the molecule is CCSc1ccc(CNCN2CC(c3ccccc3)C3(C2)Oc2c(C(C)C)ccc(C)c2C3=O)cc1. The maximum absolute atomic E-state index is 14.2. The van der Waals surface area contributed by atoms with Crippen molar-refractivity contribution >= 4 is 17.5 Å². The molecule has 0 amide bonds. The third-order valence-corrected chi connectivity index (χ3v) is 8.37. The molecule has 5 rings (SSSR count). The number of benzene rings is 3. The van der Waals surface area contributed by atoms with Crippen LogP contribution in [-0.2, 0) is 6.54 Å². The number of ketones is 1. The Morgan fingerprint density at radius 1 is 1.08 bits per heavy atom. The van der Waals surface area contributed by atoms with Crippen molar-refractivity contribution in [3.63, 3.8) is 0 Å². The molecular formula is C31H36N2O2S. The molecule has 1 N–H and O–H groups in total. The zero-order valence-corrected chi connectivity index (χ0v) is 22.5. The summed E-state index contributed by atoms with van der Waals surface area (Å²) in [4.78, 5) is 17.8. The maximum atomic E-state index is 14.2. The van der Waals surface area contributed by atoms with Crippen molar-refractivity contribution in [1.82, 2.24) is 10.2 Å². The fourth-order valence-electron chi connectivity index (χ4n) is 5.64. The minimum Gasteiger partial charge on any atom is -0.476 e. The van der Waals surface area contributed by atoms with Gasteiger partial charge in [0.05, 0.1) is 5.56 Å². The van der Waals surface area contributed by atoms with E-state index in [2.05, 4.69) is 91.7 Å². The molecule has 0 radical (unpaired) electrons. The number of Topliss-reactive ketones (excluding diaryl/α,β-unsaturated/α-hetero) is 1. The molecule has 1 fully saturated rings. The van der Waals surface area contributed by atoms with Crippen LogP contribution in [0.1, 0.15) is 65.2 Å². The topological polar surface area (TPSA) is 41.6 Å². The van der Waals surface area contributed by atoms with E-state index in [-0.39, 0.29) is 11.7 Å². The highest BCUT2D eigenvalue weighted by Crippen LogP contribution is 2.50. The van der Waals surface area contributed by atoms with Gasteiger partial charge in [0, 0.05) is 37.1 Å². The molecule has 36 heavy (non-hydrogen) atoms. The fraction of sp³-hybridized carbons (Fsp3) is 0.387. The zero-order valence-electron chi connectivity index (χ0n) is 21.7. The van der Waals surface area contributed by atoms with Gasteiger partial charge in [-0.15, -0.1) is 11.8 Å². The molecule has 2 atom stereocenters. The lowest BCUT2D eigenvalue weighted by molar-refractivity contribution is 0.0531. The Kier molecular flexibility index (Phi) is 7.25. The summed E-state index contributed by atoms with van der Waals surface area (Å²) in [5, 5.41) is 3.60. The molecule has 0 aliphatic carbocycles. The average molecular weight is 501 g/mol. The predicted octanol–water partition coefficient (Wildman–Crippen LogP) is 6.39. The van der Waals surface area contributed by atoms with E-state index >= 15 is 0 Å². The zero-order chi connectivity index (χ0) is 25.3. The van der Waals surface area contributed by atoms with Crippen LogP contribution >= 0.6 is 11.8 Å². The van der Waals surface area contributed by atoms with E-state index < -0.39 is 5.60 Å². The molecule has 188 valence electrons. The first-order chi connectivity index (χ1) is 17.4. The Morgan fingerprint density at radius 3 is 2.53 bits per heavy atom. The number of nitrogens with zero attached hydrogens (tertiary/aromatic N) is 1. The van der Waals surface area contributed by atoms with Crippen molar-refractivity contribution in [2.75, 3.05) is 25.5 Å². The monoisotopic (exact) mass is 500 g/mol. The lowest BCUT2D eigenvalue weighted by Crippen LogP contribution is -2.47. The van der Waals surface area contributed by atoms with Crippen LogP contribution in [0.15, 0.2) is 71.6 Å². The summed E-state index contributed by atoms with van der Waals surface area (Å²) < 4.78 is 6.82. The van der Waals surface area contributed by atoms with Crippen LogP contribution in [-0.4, -0.2) is 41.8 Å². The van der Waals surface area contributed by atoms with Crippen LogP contribution in [0, 0.1) is 6.92 Å². The van der Waals surface area contributed by atoms with Crippen molar-refractivity contribution in [2.45, 2.75) is 56.6 Å². The van der Waals surface area contributed by atoms with Crippen LogP contribution in [0.3, 0.4) is 0 Å². The van der Waals surface area contributed by atoms with E-state index in [1.54, 1.807) is 0 Å². The molecule has 2 aliphatic heterocycles. The molecule has 0 saturated carbocycles. The first-order valence-corrected chi connectivity index (χ1v) is 14.0.